The normalized spacial score (nSPS) is 15.0. The van der Waals surface area contributed by atoms with Crippen molar-refractivity contribution in [3.05, 3.63) is 97.9 Å². The van der Waals surface area contributed by atoms with Crippen molar-refractivity contribution in [2.75, 3.05) is 12.0 Å². The van der Waals surface area contributed by atoms with Crippen molar-refractivity contribution < 1.29 is 14.3 Å². The highest BCUT2D eigenvalue weighted by Gasteiger charge is 2.38. The molecule has 0 atom stereocenters. The third-order valence-electron chi connectivity index (χ3n) is 5.69. The summed E-state index contributed by atoms with van der Waals surface area (Å²) in [5.41, 5.74) is 5.42. The summed E-state index contributed by atoms with van der Waals surface area (Å²) in [4.78, 5) is 27.8. The Morgan fingerprint density at radius 3 is 2.39 bits per heavy atom. The summed E-state index contributed by atoms with van der Waals surface area (Å²) in [7, 11) is 1.32. The van der Waals surface area contributed by atoms with E-state index in [1.54, 1.807) is 17.9 Å². The third kappa shape index (κ3) is 4.16. The van der Waals surface area contributed by atoms with Gasteiger partial charge in [0, 0.05) is 32.3 Å². The molecule has 0 saturated carbocycles. The molecule has 2 aromatic carbocycles. The number of halogens is 2. The van der Waals surface area contributed by atoms with E-state index in [9.17, 15) is 9.59 Å². The zero-order valence-electron chi connectivity index (χ0n) is 18.6. The number of aryl methyl sites for hydroxylation is 1. The highest BCUT2D eigenvalue weighted by Crippen LogP contribution is 2.37. The summed E-state index contributed by atoms with van der Waals surface area (Å²) in [5.74, 6) is -0.827. The average Bonchev–Trinajstić information content (AvgIpc) is 3.19. The molecule has 0 bridgehead atoms. The van der Waals surface area contributed by atoms with Gasteiger partial charge >= 0.3 is 5.97 Å². The first-order valence-electron chi connectivity index (χ1n) is 10.3. The van der Waals surface area contributed by atoms with Crippen molar-refractivity contribution in [2.45, 2.75) is 20.8 Å². The molecule has 1 aliphatic rings. The lowest BCUT2D eigenvalue weighted by Gasteiger charge is -2.18. The Labute approximate surface area is 206 Å². The molecular weight excluding hydrogens is 504 g/mol. The molecule has 0 saturated heterocycles. The molecule has 0 N–H and O–H groups in total. The van der Waals surface area contributed by atoms with Gasteiger partial charge in [-0.2, -0.15) is 0 Å². The van der Waals surface area contributed by atoms with E-state index in [1.807, 2.05) is 68.4 Å². The number of methoxy groups -OCH3 is 1. The maximum atomic E-state index is 13.5. The van der Waals surface area contributed by atoms with Gasteiger partial charge in [-0.3, -0.25) is 9.69 Å². The molecule has 0 radical (unpaired) electrons. The Kier molecular flexibility index (Phi) is 6.32. The number of nitrogens with zero attached hydrogens (tertiary/aromatic N) is 2. The largest absolute Gasteiger partial charge is 0.465 e. The van der Waals surface area contributed by atoms with Crippen LogP contribution in [0.1, 0.15) is 23.9 Å². The van der Waals surface area contributed by atoms with E-state index in [4.69, 9.17) is 16.3 Å². The predicted molar refractivity (Wildman–Crippen MR) is 135 cm³/mol. The van der Waals surface area contributed by atoms with E-state index < -0.39 is 5.97 Å². The fourth-order valence-corrected chi connectivity index (χ4v) is 4.78. The molecule has 1 amide bonds. The zero-order valence-corrected chi connectivity index (χ0v) is 21.0. The molecule has 0 unspecified atom stereocenters. The van der Waals surface area contributed by atoms with E-state index in [-0.39, 0.29) is 11.5 Å². The van der Waals surface area contributed by atoms with Gasteiger partial charge in [-0.05, 0) is 74.9 Å². The number of esters is 1. The van der Waals surface area contributed by atoms with Crippen LogP contribution in [0.4, 0.5) is 5.69 Å². The summed E-state index contributed by atoms with van der Waals surface area (Å²) >= 11 is 9.65. The minimum Gasteiger partial charge on any atom is -0.465 e. The minimum atomic E-state index is -0.548. The number of allylic oxidation sites excluding steroid dienone is 1. The average molecular weight is 526 g/mol. The van der Waals surface area contributed by atoms with Crippen molar-refractivity contribution >= 4 is 51.2 Å². The smallest absolute Gasteiger partial charge is 0.340 e. The van der Waals surface area contributed by atoms with E-state index in [0.717, 1.165) is 27.1 Å². The van der Waals surface area contributed by atoms with Crippen LogP contribution in [0, 0.1) is 13.8 Å². The molecular formula is C26H22BrClN2O3. The molecule has 1 aliphatic heterocycles. The van der Waals surface area contributed by atoms with E-state index in [1.165, 1.54) is 7.11 Å². The van der Waals surface area contributed by atoms with Crippen LogP contribution in [0.3, 0.4) is 0 Å². The number of hydrogen-bond acceptors (Lipinski definition) is 3. The molecule has 2 heterocycles. The fraction of sp³-hybridized carbons (Fsp3) is 0.154. The van der Waals surface area contributed by atoms with Gasteiger partial charge in [-0.15, -0.1) is 0 Å². The second kappa shape index (κ2) is 9.04. The molecule has 0 aliphatic carbocycles. The first-order chi connectivity index (χ1) is 15.7. The summed E-state index contributed by atoms with van der Waals surface area (Å²) in [6.45, 7) is 5.71. The van der Waals surface area contributed by atoms with Crippen LogP contribution in [0.5, 0.6) is 0 Å². The van der Waals surface area contributed by atoms with Crippen molar-refractivity contribution in [1.29, 1.82) is 0 Å². The van der Waals surface area contributed by atoms with Crippen molar-refractivity contribution in [1.82, 2.24) is 4.57 Å². The van der Waals surface area contributed by atoms with E-state index in [0.29, 0.717) is 22.0 Å². The Morgan fingerprint density at radius 1 is 1.03 bits per heavy atom. The van der Waals surface area contributed by atoms with Crippen LogP contribution in [0.15, 0.2) is 75.9 Å². The van der Waals surface area contributed by atoms with Crippen molar-refractivity contribution in [2.24, 2.45) is 0 Å². The maximum absolute atomic E-state index is 13.5. The van der Waals surface area contributed by atoms with Crippen molar-refractivity contribution in [3.8, 4) is 5.69 Å². The number of amides is 1. The topological polar surface area (TPSA) is 51.5 Å². The second-order valence-electron chi connectivity index (χ2n) is 7.77. The van der Waals surface area contributed by atoms with E-state index >= 15 is 0 Å². The zero-order chi connectivity index (χ0) is 23.9. The Balaban J connectivity index is 1.86. The van der Waals surface area contributed by atoms with Gasteiger partial charge in [-0.25, -0.2) is 4.79 Å². The monoisotopic (exact) mass is 524 g/mol. The first-order valence-corrected chi connectivity index (χ1v) is 11.5. The number of anilines is 1. The van der Waals surface area contributed by atoms with Crippen LogP contribution in [-0.4, -0.2) is 23.6 Å². The number of carbonyl (C=O) groups is 2. The SMILES string of the molecule is COC(=O)C1=C(C)N(c2cccc(Br)c2)C(=O)/C1=C\c1cc(C)n(-c2cccc(Cl)c2)c1C. The number of aromatic nitrogens is 1. The van der Waals surface area contributed by atoms with Gasteiger partial charge in [0.2, 0.25) is 0 Å². The molecule has 0 spiro atoms. The molecule has 1 aromatic heterocycles. The lowest BCUT2D eigenvalue weighted by Crippen LogP contribution is -2.24. The summed E-state index contributed by atoms with van der Waals surface area (Å²) in [5, 5.41) is 0.641. The highest BCUT2D eigenvalue weighted by atomic mass is 79.9. The van der Waals surface area contributed by atoms with Gasteiger partial charge in [0.05, 0.1) is 23.9 Å². The van der Waals surface area contributed by atoms with Crippen LogP contribution < -0.4 is 4.90 Å². The van der Waals surface area contributed by atoms with Gasteiger partial charge in [0.25, 0.3) is 5.91 Å². The summed E-state index contributed by atoms with van der Waals surface area (Å²) in [6.07, 6.45) is 1.76. The van der Waals surface area contributed by atoms with E-state index in [2.05, 4.69) is 20.5 Å². The number of rotatable bonds is 4. The number of carbonyl (C=O) groups excluding carboxylic acids is 2. The van der Waals surface area contributed by atoms with Gasteiger partial charge < -0.3 is 9.30 Å². The Hall–Kier alpha value is -3.09. The number of hydrogen-bond donors (Lipinski definition) is 0. The van der Waals surface area contributed by atoms with Crippen LogP contribution in [0.25, 0.3) is 11.8 Å². The quantitative estimate of drug-likeness (QED) is 0.293. The lowest BCUT2D eigenvalue weighted by atomic mass is 10.0. The molecule has 4 rings (SSSR count). The third-order valence-corrected chi connectivity index (χ3v) is 6.42. The fourth-order valence-electron chi connectivity index (χ4n) is 4.21. The lowest BCUT2D eigenvalue weighted by molar-refractivity contribution is -0.136. The summed E-state index contributed by atoms with van der Waals surface area (Å²) < 4.78 is 7.93. The van der Waals surface area contributed by atoms with Gasteiger partial charge in [0.1, 0.15) is 0 Å². The predicted octanol–water partition coefficient (Wildman–Crippen LogP) is 6.39. The molecule has 7 heteroatoms. The second-order valence-corrected chi connectivity index (χ2v) is 9.12. The van der Waals surface area contributed by atoms with Crippen LogP contribution in [0.2, 0.25) is 5.02 Å². The summed E-state index contributed by atoms with van der Waals surface area (Å²) in [6, 6.07) is 17.0. The molecule has 3 aromatic rings. The molecule has 0 fully saturated rings. The number of benzene rings is 2. The Morgan fingerprint density at radius 2 is 1.73 bits per heavy atom. The standard InChI is InChI=1S/C26H22BrClN2O3/c1-15-11-18(16(2)29(15)22-10-6-8-20(28)14-22)12-23-24(26(32)33-4)17(3)30(25(23)31)21-9-5-7-19(27)13-21/h5-14H,1-4H3/b23-12-. The van der Waals surface area contributed by atoms with Gasteiger partial charge in [0.15, 0.2) is 0 Å². The molecule has 33 heavy (non-hydrogen) atoms. The highest BCUT2D eigenvalue weighted by molar-refractivity contribution is 9.10. The first kappa shape index (κ1) is 23.1. The molecule has 168 valence electrons. The van der Waals surface area contributed by atoms with Crippen molar-refractivity contribution in [3.63, 3.8) is 0 Å². The maximum Gasteiger partial charge on any atom is 0.340 e. The van der Waals surface area contributed by atoms with Crippen LogP contribution >= 0.6 is 27.5 Å². The minimum absolute atomic E-state index is 0.259. The molecule has 5 nitrogen and oxygen atoms in total. The van der Waals surface area contributed by atoms with Gasteiger partial charge in [-0.1, -0.05) is 39.7 Å². The Bertz CT molecular complexity index is 1350. The van der Waals surface area contributed by atoms with Crippen LogP contribution in [-0.2, 0) is 14.3 Å². The number of ether oxygens (including phenoxy) is 1.